The van der Waals surface area contributed by atoms with Crippen LogP contribution in [0.1, 0.15) is 0 Å². The Bertz CT molecular complexity index is 391. The Kier molecular flexibility index (Phi) is 2.34. The standard InChI is InChI=1S/C11H14N2O3/c14-7-1-2-8-9(5-7)16-10(6-15-8)11-12-3-4-13-11/h1-2,5,10-14H,3-4,6H2. The van der Waals surface area contributed by atoms with Crippen LogP contribution in [0.15, 0.2) is 18.2 Å². The molecule has 1 aromatic carbocycles. The maximum absolute atomic E-state index is 9.37. The van der Waals surface area contributed by atoms with Gasteiger partial charge in [-0.05, 0) is 12.1 Å². The fourth-order valence-electron chi connectivity index (χ4n) is 2.03. The van der Waals surface area contributed by atoms with Crippen LogP contribution in [-0.4, -0.2) is 37.1 Å². The minimum absolute atomic E-state index is 0.0585. The summed E-state index contributed by atoms with van der Waals surface area (Å²) in [6.45, 7) is 2.40. The van der Waals surface area contributed by atoms with Crippen molar-refractivity contribution in [3.05, 3.63) is 18.2 Å². The molecule has 3 N–H and O–H groups in total. The van der Waals surface area contributed by atoms with Crippen molar-refractivity contribution < 1.29 is 14.6 Å². The van der Waals surface area contributed by atoms with Crippen LogP contribution >= 0.6 is 0 Å². The summed E-state index contributed by atoms with van der Waals surface area (Å²) >= 11 is 0. The molecule has 5 nitrogen and oxygen atoms in total. The average molecular weight is 222 g/mol. The predicted octanol–water partition coefficient (Wildman–Crippen LogP) is 0.0509. The Balaban J connectivity index is 1.79. The number of hydrogen-bond donors (Lipinski definition) is 3. The minimum atomic E-state index is -0.0585. The van der Waals surface area contributed by atoms with Crippen LogP contribution in [0.3, 0.4) is 0 Å². The van der Waals surface area contributed by atoms with E-state index in [1.54, 1.807) is 18.2 Å². The number of ether oxygens (including phenoxy) is 2. The summed E-state index contributed by atoms with van der Waals surface area (Å²) < 4.78 is 11.4. The second kappa shape index (κ2) is 3.84. The SMILES string of the molecule is Oc1ccc2c(c1)OC(C1NCCN1)CO2. The maximum atomic E-state index is 9.37. The Morgan fingerprint density at radius 2 is 2.00 bits per heavy atom. The summed E-state index contributed by atoms with van der Waals surface area (Å²) in [5.74, 6) is 1.48. The van der Waals surface area contributed by atoms with E-state index < -0.39 is 0 Å². The highest BCUT2D eigenvalue weighted by molar-refractivity contribution is 5.46. The summed E-state index contributed by atoms with van der Waals surface area (Å²) in [5, 5.41) is 16.0. The molecule has 0 aliphatic carbocycles. The van der Waals surface area contributed by atoms with E-state index in [-0.39, 0.29) is 18.0 Å². The maximum Gasteiger partial charge on any atom is 0.165 e. The van der Waals surface area contributed by atoms with E-state index >= 15 is 0 Å². The quantitative estimate of drug-likeness (QED) is 0.626. The Morgan fingerprint density at radius 3 is 2.81 bits per heavy atom. The molecule has 1 aromatic rings. The van der Waals surface area contributed by atoms with Gasteiger partial charge in [0, 0.05) is 19.2 Å². The van der Waals surface area contributed by atoms with Gasteiger partial charge >= 0.3 is 0 Å². The van der Waals surface area contributed by atoms with Crippen molar-refractivity contribution in [3.63, 3.8) is 0 Å². The topological polar surface area (TPSA) is 62.8 Å². The molecular weight excluding hydrogens is 208 g/mol. The molecule has 0 aromatic heterocycles. The third kappa shape index (κ3) is 1.68. The van der Waals surface area contributed by atoms with Crippen LogP contribution in [0.2, 0.25) is 0 Å². The Labute approximate surface area is 93.4 Å². The number of fused-ring (bicyclic) bond motifs is 1. The van der Waals surface area contributed by atoms with Crippen LogP contribution in [0.5, 0.6) is 17.2 Å². The molecule has 16 heavy (non-hydrogen) atoms. The molecule has 5 heteroatoms. The lowest BCUT2D eigenvalue weighted by molar-refractivity contribution is 0.0612. The van der Waals surface area contributed by atoms with Crippen molar-refractivity contribution >= 4 is 0 Å². The van der Waals surface area contributed by atoms with Gasteiger partial charge in [-0.3, -0.25) is 10.6 Å². The lowest BCUT2D eigenvalue weighted by Gasteiger charge is -2.30. The smallest absolute Gasteiger partial charge is 0.165 e. The second-order valence-corrected chi connectivity index (χ2v) is 3.98. The van der Waals surface area contributed by atoms with Crippen molar-refractivity contribution in [1.29, 1.82) is 0 Å². The van der Waals surface area contributed by atoms with E-state index in [0.717, 1.165) is 13.1 Å². The van der Waals surface area contributed by atoms with Crippen molar-refractivity contribution in [2.45, 2.75) is 12.3 Å². The van der Waals surface area contributed by atoms with Crippen molar-refractivity contribution in [2.24, 2.45) is 0 Å². The van der Waals surface area contributed by atoms with E-state index in [1.165, 1.54) is 0 Å². The number of nitrogens with one attached hydrogen (secondary N) is 2. The summed E-state index contributed by atoms with van der Waals surface area (Å²) in [6.07, 6.45) is 0.0623. The minimum Gasteiger partial charge on any atom is -0.508 e. The third-order valence-electron chi connectivity index (χ3n) is 2.83. The van der Waals surface area contributed by atoms with Gasteiger partial charge in [0.2, 0.25) is 0 Å². The van der Waals surface area contributed by atoms with Crippen molar-refractivity contribution in [1.82, 2.24) is 10.6 Å². The molecular formula is C11H14N2O3. The first kappa shape index (κ1) is 9.74. The molecule has 0 spiro atoms. The first-order chi connectivity index (χ1) is 7.83. The van der Waals surface area contributed by atoms with Gasteiger partial charge in [0.05, 0.1) is 6.17 Å². The van der Waals surface area contributed by atoms with Gasteiger partial charge in [0.15, 0.2) is 17.6 Å². The predicted molar refractivity (Wildman–Crippen MR) is 57.8 cm³/mol. The zero-order valence-corrected chi connectivity index (χ0v) is 8.77. The molecule has 86 valence electrons. The zero-order valence-electron chi connectivity index (χ0n) is 8.77. The third-order valence-corrected chi connectivity index (χ3v) is 2.83. The zero-order chi connectivity index (χ0) is 11.0. The van der Waals surface area contributed by atoms with E-state index in [4.69, 9.17) is 9.47 Å². The van der Waals surface area contributed by atoms with Crippen molar-refractivity contribution in [3.8, 4) is 17.2 Å². The highest BCUT2D eigenvalue weighted by Gasteiger charge is 2.30. The molecule has 0 bridgehead atoms. The molecule has 1 unspecified atom stereocenters. The van der Waals surface area contributed by atoms with Crippen LogP contribution in [-0.2, 0) is 0 Å². The van der Waals surface area contributed by atoms with Gasteiger partial charge in [-0.15, -0.1) is 0 Å². The van der Waals surface area contributed by atoms with Crippen LogP contribution in [0, 0.1) is 0 Å². The van der Waals surface area contributed by atoms with Crippen LogP contribution < -0.4 is 20.1 Å². The van der Waals surface area contributed by atoms with Gasteiger partial charge in [0.1, 0.15) is 12.4 Å². The van der Waals surface area contributed by atoms with E-state index in [1.807, 2.05) is 0 Å². The van der Waals surface area contributed by atoms with Gasteiger partial charge in [-0.2, -0.15) is 0 Å². The van der Waals surface area contributed by atoms with E-state index in [2.05, 4.69) is 10.6 Å². The highest BCUT2D eigenvalue weighted by atomic mass is 16.6. The lowest BCUT2D eigenvalue weighted by Crippen LogP contribution is -2.50. The Hall–Kier alpha value is -1.46. The van der Waals surface area contributed by atoms with Gasteiger partial charge < -0.3 is 14.6 Å². The molecule has 2 aliphatic heterocycles. The normalized spacial score (nSPS) is 24.6. The molecule has 2 aliphatic rings. The fraction of sp³-hybridized carbons (Fsp3) is 0.455. The van der Waals surface area contributed by atoms with Gasteiger partial charge in [0.25, 0.3) is 0 Å². The molecule has 3 rings (SSSR count). The number of hydrogen-bond acceptors (Lipinski definition) is 5. The van der Waals surface area contributed by atoms with E-state index in [0.29, 0.717) is 18.1 Å². The molecule has 2 heterocycles. The molecule has 1 saturated heterocycles. The number of phenolic OH excluding ortho intramolecular Hbond substituents is 1. The number of rotatable bonds is 1. The number of phenols is 1. The van der Waals surface area contributed by atoms with Gasteiger partial charge in [-0.1, -0.05) is 0 Å². The summed E-state index contributed by atoms with van der Waals surface area (Å²) in [6, 6.07) is 4.89. The fourth-order valence-corrected chi connectivity index (χ4v) is 2.03. The Morgan fingerprint density at radius 1 is 1.19 bits per heavy atom. The highest BCUT2D eigenvalue weighted by Crippen LogP contribution is 2.35. The molecule has 0 radical (unpaired) electrons. The largest absolute Gasteiger partial charge is 0.508 e. The molecule has 1 fully saturated rings. The molecule has 0 amide bonds. The average Bonchev–Trinajstić information content (AvgIpc) is 2.81. The monoisotopic (exact) mass is 222 g/mol. The number of benzene rings is 1. The summed E-state index contributed by atoms with van der Waals surface area (Å²) in [7, 11) is 0. The lowest BCUT2D eigenvalue weighted by atomic mass is 10.2. The molecule has 1 atom stereocenters. The molecule has 0 saturated carbocycles. The first-order valence-corrected chi connectivity index (χ1v) is 5.42. The second-order valence-electron chi connectivity index (χ2n) is 3.98. The van der Waals surface area contributed by atoms with Crippen molar-refractivity contribution in [2.75, 3.05) is 19.7 Å². The van der Waals surface area contributed by atoms with Crippen LogP contribution in [0.25, 0.3) is 0 Å². The van der Waals surface area contributed by atoms with E-state index in [9.17, 15) is 5.11 Å². The summed E-state index contributed by atoms with van der Waals surface area (Å²) in [4.78, 5) is 0. The van der Waals surface area contributed by atoms with Crippen LogP contribution in [0.4, 0.5) is 0 Å². The summed E-state index contributed by atoms with van der Waals surface area (Å²) in [5.41, 5.74) is 0. The number of aromatic hydroxyl groups is 1. The first-order valence-electron chi connectivity index (χ1n) is 5.42. The van der Waals surface area contributed by atoms with Gasteiger partial charge in [-0.25, -0.2) is 0 Å².